The lowest BCUT2D eigenvalue weighted by Gasteiger charge is -2.23. The van der Waals surface area contributed by atoms with Crippen molar-refractivity contribution in [3.8, 4) is 0 Å². The van der Waals surface area contributed by atoms with Crippen molar-refractivity contribution in [1.82, 2.24) is 20.2 Å². The molecule has 24 heavy (non-hydrogen) atoms. The van der Waals surface area contributed by atoms with Crippen LogP contribution in [0.15, 0.2) is 48.5 Å². The van der Waals surface area contributed by atoms with Crippen LogP contribution in [0.1, 0.15) is 17.2 Å². The fraction of sp³-hybridized carbons (Fsp3) is 0.0625. The van der Waals surface area contributed by atoms with Crippen LogP contribution in [0.3, 0.4) is 0 Å². The minimum atomic E-state index is -0.291. The summed E-state index contributed by atoms with van der Waals surface area (Å²) in [7, 11) is 0. The number of allylic oxidation sites excluding steroid dienone is 1. The molecule has 0 bridgehead atoms. The van der Waals surface area contributed by atoms with E-state index in [0.29, 0.717) is 16.0 Å². The minimum Gasteiger partial charge on any atom is -0.323 e. The molecule has 120 valence electrons. The topological polar surface area (TPSA) is 55.6 Å². The second kappa shape index (κ2) is 5.89. The molecule has 8 heteroatoms. The molecule has 2 heterocycles. The third-order valence-electron chi connectivity index (χ3n) is 3.77. The summed E-state index contributed by atoms with van der Waals surface area (Å²) in [6, 6.07) is 11.3. The number of nitrogens with one attached hydrogen (secondary N) is 1. The van der Waals surface area contributed by atoms with Gasteiger partial charge in [-0.1, -0.05) is 34.4 Å². The van der Waals surface area contributed by atoms with E-state index in [1.807, 2.05) is 12.1 Å². The minimum absolute atomic E-state index is 0.258. The molecule has 1 N–H and O–H groups in total. The van der Waals surface area contributed by atoms with E-state index >= 15 is 0 Å². The van der Waals surface area contributed by atoms with Gasteiger partial charge in [0.1, 0.15) is 11.9 Å². The maximum atomic E-state index is 13.2. The molecular weight excluding hydrogens is 352 g/mol. The lowest BCUT2D eigenvalue weighted by molar-refractivity contribution is 0.586. The summed E-state index contributed by atoms with van der Waals surface area (Å²) in [4.78, 5) is 0. The first kappa shape index (κ1) is 15.1. The SMILES string of the molecule is Fc1ccc(C2=C[C@@H](c3ccc(Cl)c(Cl)c3)n3nnnc3N2)cc1. The Balaban J connectivity index is 1.81. The predicted octanol–water partition coefficient (Wildman–Crippen LogP) is 4.18. The van der Waals surface area contributed by atoms with Gasteiger partial charge < -0.3 is 5.32 Å². The van der Waals surface area contributed by atoms with Crippen LogP contribution in [0, 0.1) is 5.82 Å². The van der Waals surface area contributed by atoms with E-state index in [2.05, 4.69) is 20.8 Å². The molecule has 0 amide bonds. The summed E-state index contributed by atoms with van der Waals surface area (Å²) < 4.78 is 14.8. The second-order valence-electron chi connectivity index (χ2n) is 5.28. The van der Waals surface area contributed by atoms with Crippen LogP contribution >= 0.6 is 23.2 Å². The fourth-order valence-electron chi connectivity index (χ4n) is 2.59. The van der Waals surface area contributed by atoms with Gasteiger partial charge in [0.2, 0.25) is 5.95 Å². The van der Waals surface area contributed by atoms with Gasteiger partial charge in [-0.2, -0.15) is 4.68 Å². The zero-order chi connectivity index (χ0) is 16.7. The predicted molar refractivity (Wildman–Crippen MR) is 90.4 cm³/mol. The van der Waals surface area contributed by atoms with Gasteiger partial charge in [-0.3, -0.25) is 0 Å². The molecule has 2 aromatic carbocycles. The van der Waals surface area contributed by atoms with Crippen molar-refractivity contribution < 1.29 is 4.39 Å². The molecule has 0 radical (unpaired) electrons. The number of aromatic nitrogens is 4. The standard InChI is InChI=1S/C16H10Cl2FN5/c17-12-6-3-10(7-13(12)18)15-8-14(9-1-4-11(19)5-2-9)20-16-21-22-23-24(15)16/h1-8,15H,(H,20,21,23)/t15-/m0/s1. The Bertz CT molecular complexity index is 936. The fourth-order valence-corrected chi connectivity index (χ4v) is 2.89. The van der Waals surface area contributed by atoms with E-state index in [-0.39, 0.29) is 11.9 Å². The maximum Gasteiger partial charge on any atom is 0.248 e. The zero-order valence-electron chi connectivity index (χ0n) is 12.1. The van der Waals surface area contributed by atoms with E-state index in [1.54, 1.807) is 28.9 Å². The van der Waals surface area contributed by atoms with Gasteiger partial charge in [-0.25, -0.2) is 4.39 Å². The lowest BCUT2D eigenvalue weighted by atomic mass is 10.0. The zero-order valence-corrected chi connectivity index (χ0v) is 13.6. The van der Waals surface area contributed by atoms with E-state index in [1.165, 1.54) is 12.1 Å². The van der Waals surface area contributed by atoms with E-state index in [4.69, 9.17) is 23.2 Å². The molecule has 0 aliphatic carbocycles. The molecule has 0 saturated carbocycles. The van der Waals surface area contributed by atoms with E-state index in [0.717, 1.165) is 16.8 Å². The maximum absolute atomic E-state index is 13.2. The largest absolute Gasteiger partial charge is 0.323 e. The third-order valence-corrected chi connectivity index (χ3v) is 4.51. The number of hydrogen-bond donors (Lipinski definition) is 1. The van der Waals surface area contributed by atoms with Crippen LogP contribution < -0.4 is 5.32 Å². The van der Waals surface area contributed by atoms with Gasteiger partial charge in [0.25, 0.3) is 0 Å². The van der Waals surface area contributed by atoms with Gasteiger partial charge in [0.05, 0.1) is 10.0 Å². The van der Waals surface area contributed by atoms with Crippen molar-refractivity contribution in [2.24, 2.45) is 0 Å². The summed E-state index contributed by atoms with van der Waals surface area (Å²) in [5.74, 6) is 0.203. The van der Waals surface area contributed by atoms with Crippen molar-refractivity contribution in [3.05, 3.63) is 75.5 Å². The number of rotatable bonds is 2. The van der Waals surface area contributed by atoms with Crippen LogP contribution in [-0.2, 0) is 0 Å². The number of benzene rings is 2. The quantitative estimate of drug-likeness (QED) is 0.743. The Morgan fingerprint density at radius 2 is 1.83 bits per heavy atom. The number of anilines is 1. The molecule has 1 aromatic heterocycles. The Kier molecular flexibility index (Phi) is 3.70. The van der Waals surface area contributed by atoms with Crippen LogP contribution in [0.4, 0.5) is 10.3 Å². The molecule has 1 atom stereocenters. The average molecular weight is 362 g/mol. The molecule has 3 aromatic rings. The van der Waals surface area contributed by atoms with Crippen molar-refractivity contribution in [1.29, 1.82) is 0 Å². The van der Waals surface area contributed by atoms with Gasteiger partial charge in [-0.15, -0.1) is 0 Å². The lowest BCUT2D eigenvalue weighted by Crippen LogP contribution is -2.20. The summed E-state index contributed by atoms with van der Waals surface area (Å²) in [6.45, 7) is 0. The molecule has 4 rings (SSSR count). The molecule has 0 saturated heterocycles. The first-order valence-corrected chi connectivity index (χ1v) is 7.85. The number of nitrogens with zero attached hydrogens (tertiary/aromatic N) is 4. The summed E-state index contributed by atoms with van der Waals surface area (Å²) in [5.41, 5.74) is 2.50. The van der Waals surface area contributed by atoms with Crippen molar-refractivity contribution in [3.63, 3.8) is 0 Å². The highest BCUT2D eigenvalue weighted by Gasteiger charge is 2.24. The van der Waals surface area contributed by atoms with Gasteiger partial charge >= 0.3 is 0 Å². The average Bonchev–Trinajstić information content (AvgIpc) is 3.06. The highest BCUT2D eigenvalue weighted by atomic mass is 35.5. The highest BCUT2D eigenvalue weighted by Crippen LogP contribution is 2.34. The number of hydrogen-bond acceptors (Lipinski definition) is 4. The summed E-state index contributed by atoms with van der Waals surface area (Å²) >= 11 is 12.1. The molecule has 1 aliphatic heterocycles. The van der Waals surface area contributed by atoms with E-state index < -0.39 is 0 Å². The van der Waals surface area contributed by atoms with Crippen molar-refractivity contribution >= 4 is 34.8 Å². The molecule has 0 spiro atoms. The monoisotopic (exact) mass is 361 g/mol. The number of tetrazole rings is 1. The first-order chi connectivity index (χ1) is 11.6. The Morgan fingerprint density at radius 3 is 2.58 bits per heavy atom. The highest BCUT2D eigenvalue weighted by molar-refractivity contribution is 6.42. The molecule has 1 aliphatic rings. The third kappa shape index (κ3) is 2.64. The number of fused-ring (bicyclic) bond motifs is 1. The first-order valence-electron chi connectivity index (χ1n) is 7.09. The molecular formula is C16H10Cl2FN5. The van der Waals surface area contributed by atoms with Gasteiger partial charge in [-0.05, 0) is 64.0 Å². The van der Waals surface area contributed by atoms with Crippen LogP contribution in [0.2, 0.25) is 10.0 Å². The van der Waals surface area contributed by atoms with Crippen molar-refractivity contribution in [2.75, 3.05) is 5.32 Å². The van der Waals surface area contributed by atoms with Crippen LogP contribution in [0.5, 0.6) is 0 Å². The Labute approximate surface area is 146 Å². The molecule has 0 fully saturated rings. The van der Waals surface area contributed by atoms with Crippen LogP contribution in [0.25, 0.3) is 5.70 Å². The van der Waals surface area contributed by atoms with Gasteiger partial charge in [0, 0.05) is 5.70 Å². The van der Waals surface area contributed by atoms with Crippen LogP contribution in [-0.4, -0.2) is 20.2 Å². The Morgan fingerprint density at radius 1 is 1.04 bits per heavy atom. The molecule has 0 unspecified atom stereocenters. The van der Waals surface area contributed by atoms with Crippen molar-refractivity contribution in [2.45, 2.75) is 6.04 Å². The molecule has 5 nitrogen and oxygen atoms in total. The Hall–Kier alpha value is -2.44. The summed E-state index contributed by atoms with van der Waals surface area (Å²) in [5, 5.41) is 15.8. The normalized spacial score (nSPS) is 16.3. The smallest absolute Gasteiger partial charge is 0.248 e. The summed E-state index contributed by atoms with van der Waals surface area (Å²) in [6.07, 6.45) is 1.95. The second-order valence-corrected chi connectivity index (χ2v) is 6.09. The van der Waals surface area contributed by atoms with Gasteiger partial charge in [0.15, 0.2) is 0 Å². The van der Waals surface area contributed by atoms with E-state index in [9.17, 15) is 4.39 Å². The number of halogens is 3.